The molecule has 0 heterocycles. The van der Waals surface area contributed by atoms with E-state index in [9.17, 15) is 13.2 Å². The Morgan fingerprint density at radius 2 is 2.00 bits per heavy atom. The van der Waals surface area contributed by atoms with Crippen LogP contribution in [0.5, 0.6) is 0 Å². The van der Waals surface area contributed by atoms with Crippen LogP contribution in [0.25, 0.3) is 0 Å². The summed E-state index contributed by atoms with van der Waals surface area (Å²) in [7, 11) is -3.87. The lowest BCUT2D eigenvalue weighted by molar-refractivity contribution is 0.0705. The average molecular weight is 363 g/mol. The summed E-state index contributed by atoms with van der Waals surface area (Å²) < 4.78 is 23.3. The summed E-state index contributed by atoms with van der Waals surface area (Å²) in [6, 6.07) is 4.47. The highest BCUT2D eigenvalue weighted by atomic mass is 79.9. The number of hydrogen-bond acceptors (Lipinski definition) is 3. The van der Waals surface area contributed by atoms with E-state index in [1.807, 2.05) is 20.8 Å². The zero-order chi connectivity index (χ0) is 15.5. The van der Waals surface area contributed by atoms with Gasteiger partial charge in [0.15, 0.2) is 0 Å². The van der Waals surface area contributed by atoms with E-state index in [4.69, 9.17) is 5.14 Å². The number of carbonyl (C=O) groups excluding carboxylic acids is 1. The maximum absolute atomic E-state index is 12.4. The average Bonchev–Trinajstić information content (AvgIpc) is 2.34. The predicted octanol–water partition coefficient (Wildman–Crippen LogP) is 2.36. The van der Waals surface area contributed by atoms with Gasteiger partial charge < -0.3 is 4.90 Å². The lowest BCUT2D eigenvalue weighted by atomic mass is 10.1. The second-order valence-corrected chi connectivity index (χ2v) is 7.17. The summed E-state index contributed by atoms with van der Waals surface area (Å²) in [6.45, 7) is 6.46. The molecule has 0 unspecified atom stereocenters. The van der Waals surface area contributed by atoms with E-state index in [-0.39, 0.29) is 16.8 Å². The minimum absolute atomic E-state index is 0.0454. The molecule has 0 aliphatic carbocycles. The Bertz CT molecular complexity index is 600. The highest BCUT2D eigenvalue weighted by Gasteiger charge is 2.21. The van der Waals surface area contributed by atoms with Gasteiger partial charge in [-0.3, -0.25) is 4.79 Å². The number of halogens is 1. The van der Waals surface area contributed by atoms with Crippen molar-refractivity contribution in [3.8, 4) is 0 Å². The molecule has 1 rings (SSSR count). The van der Waals surface area contributed by atoms with Crippen molar-refractivity contribution in [1.82, 2.24) is 4.90 Å². The molecule has 0 spiro atoms. The van der Waals surface area contributed by atoms with E-state index < -0.39 is 10.0 Å². The molecule has 5 nitrogen and oxygen atoms in total. The normalized spacial score (nSPS) is 11.7. The second-order valence-electron chi connectivity index (χ2n) is 4.78. The van der Waals surface area contributed by atoms with Gasteiger partial charge in [0, 0.05) is 22.6 Å². The lowest BCUT2D eigenvalue weighted by Gasteiger charge is -2.26. The van der Waals surface area contributed by atoms with E-state index in [0.717, 1.165) is 6.42 Å². The number of carbonyl (C=O) groups is 1. The van der Waals surface area contributed by atoms with Crippen molar-refractivity contribution in [2.45, 2.75) is 38.1 Å². The Kier molecular flexibility index (Phi) is 5.73. The smallest absolute Gasteiger partial charge is 0.254 e. The van der Waals surface area contributed by atoms with E-state index in [1.54, 1.807) is 11.0 Å². The van der Waals surface area contributed by atoms with Gasteiger partial charge in [-0.25, -0.2) is 13.6 Å². The molecular formula is C13H19BrN2O3S. The van der Waals surface area contributed by atoms with Gasteiger partial charge in [-0.15, -0.1) is 0 Å². The highest BCUT2D eigenvalue weighted by molar-refractivity contribution is 9.10. The van der Waals surface area contributed by atoms with E-state index in [2.05, 4.69) is 15.9 Å². The van der Waals surface area contributed by atoms with Gasteiger partial charge >= 0.3 is 0 Å². The summed E-state index contributed by atoms with van der Waals surface area (Å²) in [4.78, 5) is 14.1. The Morgan fingerprint density at radius 3 is 2.45 bits per heavy atom. The lowest BCUT2D eigenvalue weighted by Crippen LogP contribution is -2.37. The third-order valence-corrected chi connectivity index (χ3v) is 4.74. The first-order valence-corrected chi connectivity index (χ1v) is 8.65. The van der Waals surface area contributed by atoms with Gasteiger partial charge in [-0.05, 0) is 54.4 Å². The highest BCUT2D eigenvalue weighted by Crippen LogP contribution is 2.23. The SMILES string of the molecule is CCCN(C(=O)c1ccc(Br)c(S(N)(=O)=O)c1)C(C)C. The number of amides is 1. The molecule has 0 fully saturated rings. The Hall–Kier alpha value is -0.920. The second kappa shape index (κ2) is 6.69. The van der Waals surface area contributed by atoms with Crippen LogP contribution in [0.15, 0.2) is 27.6 Å². The first kappa shape index (κ1) is 17.1. The van der Waals surface area contributed by atoms with Gasteiger partial charge in [0.1, 0.15) is 0 Å². The number of primary sulfonamides is 1. The molecule has 1 amide bonds. The standard InChI is InChI=1S/C13H19BrN2O3S/c1-4-7-16(9(2)3)13(17)10-5-6-11(14)12(8-10)20(15,18)19/h5-6,8-9H,4,7H2,1-3H3,(H2,15,18,19). The quantitative estimate of drug-likeness (QED) is 0.872. The van der Waals surface area contributed by atoms with Crippen molar-refractivity contribution in [2.24, 2.45) is 5.14 Å². The summed E-state index contributed by atoms with van der Waals surface area (Å²) in [5.74, 6) is -0.195. The van der Waals surface area contributed by atoms with Crippen molar-refractivity contribution in [3.05, 3.63) is 28.2 Å². The topological polar surface area (TPSA) is 80.5 Å². The number of rotatable bonds is 5. The van der Waals surface area contributed by atoms with Crippen LogP contribution in [-0.4, -0.2) is 31.8 Å². The fourth-order valence-corrected chi connectivity index (χ4v) is 3.41. The predicted molar refractivity (Wildman–Crippen MR) is 82.0 cm³/mol. The monoisotopic (exact) mass is 362 g/mol. The van der Waals surface area contributed by atoms with Crippen LogP contribution in [0.1, 0.15) is 37.6 Å². The number of sulfonamides is 1. The molecule has 0 radical (unpaired) electrons. The van der Waals surface area contributed by atoms with Crippen molar-refractivity contribution >= 4 is 31.9 Å². The number of nitrogens with two attached hydrogens (primary N) is 1. The molecule has 0 aromatic heterocycles. The molecule has 0 aliphatic heterocycles. The first-order valence-electron chi connectivity index (χ1n) is 6.31. The molecule has 0 atom stereocenters. The molecule has 2 N–H and O–H groups in total. The van der Waals surface area contributed by atoms with E-state index in [1.165, 1.54) is 12.1 Å². The van der Waals surface area contributed by atoms with Gasteiger partial charge in [0.25, 0.3) is 5.91 Å². The maximum Gasteiger partial charge on any atom is 0.254 e. The van der Waals surface area contributed by atoms with Crippen LogP contribution >= 0.6 is 15.9 Å². The molecule has 20 heavy (non-hydrogen) atoms. The largest absolute Gasteiger partial charge is 0.336 e. The Balaban J connectivity index is 3.23. The first-order chi connectivity index (χ1) is 9.18. The van der Waals surface area contributed by atoms with Crippen LogP contribution in [0, 0.1) is 0 Å². The van der Waals surface area contributed by atoms with Crippen molar-refractivity contribution < 1.29 is 13.2 Å². The number of benzene rings is 1. The van der Waals surface area contributed by atoms with E-state index in [0.29, 0.717) is 16.6 Å². The zero-order valence-corrected chi connectivity index (χ0v) is 14.2. The van der Waals surface area contributed by atoms with Crippen molar-refractivity contribution in [1.29, 1.82) is 0 Å². The summed E-state index contributed by atoms with van der Waals surface area (Å²) in [5.41, 5.74) is 0.319. The fraction of sp³-hybridized carbons (Fsp3) is 0.462. The molecule has 0 saturated heterocycles. The minimum Gasteiger partial charge on any atom is -0.336 e. The third kappa shape index (κ3) is 4.04. The molecule has 1 aromatic rings. The van der Waals surface area contributed by atoms with Crippen LogP contribution in [-0.2, 0) is 10.0 Å². The van der Waals surface area contributed by atoms with Gasteiger partial charge in [-0.1, -0.05) is 6.92 Å². The molecular weight excluding hydrogens is 344 g/mol. The van der Waals surface area contributed by atoms with Crippen LogP contribution < -0.4 is 5.14 Å². The van der Waals surface area contributed by atoms with Gasteiger partial charge in [-0.2, -0.15) is 0 Å². The number of nitrogens with zero attached hydrogens (tertiary/aromatic N) is 1. The summed E-state index contributed by atoms with van der Waals surface area (Å²) >= 11 is 3.13. The Labute approximate surface area is 128 Å². The fourth-order valence-electron chi connectivity index (χ4n) is 1.86. The summed E-state index contributed by atoms with van der Waals surface area (Å²) in [5, 5.41) is 5.14. The van der Waals surface area contributed by atoms with Crippen LogP contribution in [0.3, 0.4) is 0 Å². The maximum atomic E-state index is 12.4. The molecule has 0 aliphatic rings. The molecule has 7 heteroatoms. The summed E-state index contributed by atoms with van der Waals surface area (Å²) in [6.07, 6.45) is 0.836. The van der Waals surface area contributed by atoms with Crippen LogP contribution in [0.2, 0.25) is 0 Å². The zero-order valence-electron chi connectivity index (χ0n) is 11.8. The molecule has 0 saturated carbocycles. The Morgan fingerprint density at radius 1 is 1.40 bits per heavy atom. The molecule has 0 bridgehead atoms. The number of hydrogen-bond donors (Lipinski definition) is 1. The third-order valence-electron chi connectivity index (χ3n) is 2.83. The van der Waals surface area contributed by atoms with Gasteiger partial charge in [0.2, 0.25) is 10.0 Å². The van der Waals surface area contributed by atoms with Crippen molar-refractivity contribution in [2.75, 3.05) is 6.54 Å². The molecule has 112 valence electrons. The van der Waals surface area contributed by atoms with E-state index >= 15 is 0 Å². The van der Waals surface area contributed by atoms with Crippen molar-refractivity contribution in [3.63, 3.8) is 0 Å². The van der Waals surface area contributed by atoms with Crippen LogP contribution in [0.4, 0.5) is 0 Å². The molecule has 1 aromatic carbocycles. The van der Waals surface area contributed by atoms with Gasteiger partial charge in [0.05, 0.1) is 4.90 Å². The minimum atomic E-state index is -3.87.